The van der Waals surface area contributed by atoms with E-state index in [4.69, 9.17) is 4.42 Å². The number of hydrogen-bond acceptors (Lipinski definition) is 5. The van der Waals surface area contributed by atoms with Gasteiger partial charge in [-0.2, -0.15) is 11.3 Å². The van der Waals surface area contributed by atoms with Crippen LogP contribution in [0, 0.1) is 6.92 Å². The minimum atomic E-state index is 0.00645. The topological polar surface area (TPSA) is 67.2 Å². The lowest BCUT2D eigenvalue weighted by Gasteiger charge is -2.10. The van der Waals surface area contributed by atoms with Crippen molar-refractivity contribution in [1.82, 2.24) is 15.6 Å². The van der Waals surface area contributed by atoms with E-state index in [0.717, 1.165) is 30.8 Å². The largest absolute Gasteiger partial charge is 0.441 e. The number of rotatable bonds is 4. The molecule has 1 atom stereocenters. The van der Waals surface area contributed by atoms with Gasteiger partial charge in [-0.05, 0) is 31.3 Å². The molecule has 0 aliphatic carbocycles. The summed E-state index contributed by atoms with van der Waals surface area (Å²) in [5, 5.41) is 10.2. The summed E-state index contributed by atoms with van der Waals surface area (Å²) in [7, 11) is 0. The van der Waals surface area contributed by atoms with E-state index in [9.17, 15) is 4.79 Å². The number of nitrogens with one attached hydrogen (secondary N) is 2. The minimum absolute atomic E-state index is 0.00645. The molecule has 1 aliphatic heterocycles. The molecule has 20 heavy (non-hydrogen) atoms. The molecule has 1 aliphatic rings. The van der Waals surface area contributed by atoms with E-state index in [2.05, 4.69) is 15.6 Å². The second-order valence-corrected chi connectivity index (χ2v) is 5.75. The highest BCUT2D eigenvalue weighted by atomic mass is 32.1. The van der Waals surface area contributed by atoms with Crippen LogP contribution in [-0.2, 0) is 11.2 Å². The van der Waals surface area contributed by atoms with Crippen molar-refractivity contribution < 1.29 is 9.21 Å². The van der Waals surface area contributed by atoms with Crippen LogP contribution in [0.1, 0.15) is 17.9 Å². The van der Waals surface area contributed by atoms with E-state index in [1.165, 1.54) is 0 Å². The van der Waals surface area contributed by atoms with Crippen LogP contribution in [0.3, 0.4) is 0 Å². The fraction of sp³-hybridized carbons (Fsp3) is 0.429. The average molecular weight is 291 g/mol. The molecule has 0 radical (unpaired) electrons. The van der Waals surface area contributed by atoms with Gasteiger partial charge in [0.1, 0.15) is 5.76 Å². The molecule has 0 saturated carbocycles. The molecule has 5 nitrogen and oxygen atoms in total. The van der Waals surface area contributed by atoms with Gasteiger partial charge in [-0.25, -0.2) is 4.98 Å². The second kappa shape index (κ2) is 5.76. The number of oxazole rings is 1. The van der Waals surface area contributed by atoms with Crippen molar-refractivity contribution >= 4 is 17.2 Å². The van der Waals surface area contributed by atoms with Crippen molar-refractivity contribution in [2.45, 2.75) is 25.8 Å². The van der Waals surface area contributed by atoms with Crippen molar-refractivity contribution in [3.8, 4) is 11.5 Å². The Kier molecular flexibility index (Phi) is 3.84. The lowest BCUT2D eigenvalue weighted by atomic mass is 10.2. The Labute approximate surface area is 121 Å². The Hall–Kier alpha value is -1.66. The molecule has 2 aromatic heterocycles. The van der Waals surface area contributed by atoms with Gasteiger partial charge in [-0.3, -0.25) is 4.79 Å². The van der Waals surface area contributed by atoms with E-state index in [-0.39, 0.29) is 18.4 Å². The Morgan fingerprint density at radius 1 is 1.65 bits per heavy atom. The Bertz CT molecular complexity index is 586. The summed E-state index contributed by atoms with van der Waals surface area (Å²) >= 11 is 1.60. The molecule has 106 valence electrons. The standard InChI is InChI=1S/C14H17N3O2S/c1-9-12(6-13(18)16-11-2-4-15-7-11)17-14(19-9)10-3-5-20-8-10/h3,5,8,11,15H,2,4,6-7H2,1H3,(H,16,18). The zero-order valence-electron chi connectivity index (χ0n) is 11.3. The predicted molar refractivity (Wildman–Crippen MR) is 77.7 cm³/mol. The summed E-state index contributed by atoms with van der Waals surface area (Å²) in [4.78, 5) is 16.4. The lowest BCUT2D eigenvalue weighted by Crippen LogP contribution is -2.37. The first-order valence-electron chi connectivity index (χ1n) is 6.71. The molecular formula is C14H17N3O2S. The summed E-state index contributed by atoms with van der Waals surface area (Å²) < 4.78 is 5.63. The molecule has 1 amide bonds. The van der Waals surface area contributed by atoms with E-state index >= 15 is 0 Å². The molecule has 3 rings (SSSR count). The van der Waals surface area contributed by atoms with Crippen molar-refractivity contribution in [1.29, 1.82) is 0 Å². The summed E-state index contributed by atoms with van der Waals surface area (Å²) in [6.45, 7) is 3.67. The zero-order chi connectivity index (χ0) is 13.9. The SMILES string of the molecule is Cc1oc(-c2ccsc2)nc1CC(=O)NC1CCNC1. The molecule has 0 bridgehead atoms. The highest BCUT2D eigenvalue weighted by Gasteiger charge is 2.19. The number of hydrogen-bond donors (Lipinski definition) is 2. The monoisotopic (exact) mass is 291 g/mol. The van der Waals surface area contributed by atoms with E-state index in [0.29, 0.717) is 11.7 Å². The second-order valence-electron chi connectivity index (χ2n) is 4.97. The van der Waals surface area contributed by atoms with Gasteiger partial charge in [0, 0.05) is 23.5 Å². The van der Waals surface area contributed by atoms with Crippen LogP contribution < -0.4 is 10.6 Å². The van der Waals surface area contributed by atoms with Gasteiger partial charge in [0.15, 0.2) is 0 Å². The first-order chi connectivity index (χ1) is 9.72. The average Bonchev–Trinajstić information content (AvgIpc) is 3.12. The van der Waals surface area contributed by atoms with E-state index in [1.54, 1.807) is 11.3 Å². The van der Waals surface area contributed by atoms with Gasteiger partial charge < -0.3 is 15.1 Å². The highest BCUT2D eigenvalue weighted by molar-refractivity contribution is 7.08. The molecule has 0 spiro atoms. The highest BCUT2D eigenvalue weighted by Crippen LogP contribution is 2.24. The van der Waals surface area contributed by atoms with Crippen LogP contribution in [0.15, 0.2) is 21.2 Å². The summed E-state index contributed by atoms with van der Waals surface area (Å²) in [6.07, 6.45) is 1.26. The lowest BCUT2D eigenvalue weighted by molar-refractivity contribution is -0.121. The molecule has 3 heterocycles. The maximum Gasteiger partial charge on any atom is 0.227 e. The number of thiophene rings is 1. The van der Waals surface area contributed by atoms with Crippen molar-refractivity contribution in [2.24, 2.45) is 0 Å². The fourth-order valence-corrected chi connectivity index (χ4v) is 2.94. The molecule has 1 fully saturated rings. The summed E-state index contributed by atoms with van der Waals surface area (Å²) in [5.74, 6) is 1.31. The predicted octanol–water partition coefficient (Wildman–Crippen LogP) is 1.73. The van der Waals surface area contributed by atoms with E-state index in [1.807, 2.05) is 23.8 Å². The third-order valence-electron chi connectivity index (χ3n) is 3.41. The van der Waals surface area contributed by atoms with Crippen LogP contribution in [-0.4, -0.2) is 30.0 Å². The van der Waals surface area contributed by atoms with Gasteiger partial charge in [0.05, 0.1) is 12.1 Å². The van der Waals surface area contributed by atoms with Crippen LogP contribution >= 0.6 is 11.3 Å². The Morgan fingerprint density at radius 2 is 2.55 bits per heavy atom. The molecule has 0 aromatic carbocycles. The van der Waals surface area contributed by atoms with Crippen LogP contribution in [0.25, 0.3) is 11.5 Å². The molecule has 1 saturated heterocycles. The third kappa shape index (κ3) is 2.91. The van der Waals surface area contributed by atoms with Gasteiger partial charge in [-0.1, -0.05) is 0 Å². The number of nitrogens with zero attached hydrogens (tertiary/aromatic N) is 1. The van der Waals surface area contributed by atoms with Crippen molar-refractivity contribution in [3.05, 3.63) is 28.3 Å². The first-order valence-corrected chi connectivity index (χ1v) is 7.65. The van der Waals surface area contributed by atoms with E-state index < -0.39 is 0 Å². The number of carbonyl (C=O) groups excluding carboxylic acids is 1. The van der Waals surface area contributed by atoms with Crippen molar-refractivity contribution in [2.75, 3.05) is 13.1 Å². The quantitative estimate of drug-likeness (QED) is 0.900. The summed E-state index contributed by atoms with van der Waals surface area (Å²) in [5.41, 5.74) is 1.68. The van der Waals surface area contributed by atoms with Gasteiger partial charge in [0.2, 0.25) is 11.8 Å². The van der Waals surface area contributed by atoms with Crippen LogP contribution in [0.2, 0.25) is 0 Å². The molecule has 2 aromatic rings. The smallest absolute Gasteiger partial charge is 0.227 e. The Balaban J connectivity index is 1.66. The summed E-state index contributed by atoms with van der Waals surface area (Å²) in [6, 6.07) is 2.20. The molecule has 2 N–H and O–H groups in total. The minimum Gasteiger partial charge on any atom is -0.441 e. The van der Waals surface area contributed by atoms with Gasteiger partial charge >= 0.3 is 0 Å². The molecule has 1 unspecified atom stereocenters. The number of amides is 1. The molecule has 6 heteroatoms. The number of aryl methyl sites for hydroxylation is 1. The van der Waals surface area contributed by atoms with Crippen molar-refractivity contribution in [3.63, 3.8) is 0 Å². The maximum absolute atomic E-state index is 12.0. The van der Waals surface area contributed by atoms with Crippen LogP contribution in [0.4, 0.5) is 0 Å². The molecular weight excluding hydrogens is 274 g/mol. The van der Waals surface area contributed by atoms with Gasteiger partial charge in [0.25, 0.3) is 0 Å². The van der Waals surface area contributed by atoms with Gasteiger partial charge in [-0.15, -0.1) is 0 Å². The zero-order valence-corrected chi connectivity index (χ0v) is 12.1. The third-order valence-corrected chi connectivity index (χ3v) is 4.10. The number of aromatic nitrogens is 1. The number of carbonyl (C=O) groups is 1. The normalized spacial score (nSPS) is 18.4. The fourth-order valence-electron chi connectivity index (χ4n) is 2.31. The first kappa shape index (κ1) is 13.3. The van der Waals surface area contributed by atoms with Crippen LogP contribution in [0.5, 0.6) is 0 Å². The maximum atomic E-state index is 12.0. The Morgan fingerprint density at radius 3 is 3.25 bits per heavy atom.